The molecule has 23 heavy (non-hydrogen) atoms. The third-order valence-electron chi connectivity index (χ3n) is 3.12. The van der Waals surface area contributed by atoms with Crippen molar-refractivity contribution in [1.82, 2.24) is 0 Å². The van der Waals surface area contributed by atoms with Gasteiger partial charge in [-0.3, -0.25) is 10.1 Å². The van der Waals surface area contributed by atoms with E-state index in [1.807, 2.05) is 0 Å². The Hall–Kier alpha value is -2.65. The fourth-order valence-corrected chi connectivity index (χ4v) is 2.95. The highest BCUT2D eigenvalue weighted by atomic mass is 32.2. The molecule has 1 unspecified atom stereocenters. The van der Waals surface area contributed by atoms with Crippen molar-refractivity contribution in [2.75, 3.05) is 11.1 Å². The summed E-state index contributed by atoms with van der Waals surface area (Å²) in [7, 11) is -4.13. The van der Waals surface area contributed by atoms with Crippen LogP contribution in [-0.2, 0) is 9.84 Å². The Morgan fingerprint density at radius 3 is 2.35 bits per heavy atom. The second-order valence-corrected chi connectivity index (χ2v) is 7.04. The summed E-state index contributed by atoms with van der Waals surface area (Å²) in [6.07, 6.45) is 0. The second kappa shape index (κ2) is 6.23. The van der Waals surface area contributed by atoms with E-state index in [1.165, 1.54) is 12.1 Å². The van der Waals surface area contributed by atoms with Gasteiger partial charge >= 0.3 is 0 Å². The normalized spacial score (nSPS) is 12.6. The zero-order valence-corrected chi connectivity index (χ0v) is 12.9. The summed E-state index contributed by atoms with van der Waals surface area (Å²) in [5.74, 6) is 0. The van der Waals surface area contributed by atoms with Gasteiger partial charge in [-0.25, -0.2) is 8.42 Å². The van der Waals surface area contributed by atoms with Crippen LogP contribution < -0.4 is 11.1 Å². The van der Waals surface area contributed by atoms with E-state index in [2.05, 4.69) is 5.32 Å². The molecule has 0 spiro atoms. The number of aliphatic hydroxyl groups excluding tert-OH is 1. The lowest BCUT2D eigenvalue weighted by Gasteiger charge is -2.14. The maximum Gasteiger partial charge on any atom is 0.270 e. The molecule has 0 bridgehead atoms. The lowest BCUT2D eigenvalue weighted by Crippen LogP contribution is -2.18. The summed E-state index contributed by atoms with van der Waals surface area (Å²) in [6, 6.07) is 9.89. The molecule has 1 atom stereocenters. The fourth-order valence-electron chi connectivity index (χ4n) is 1.87. The molecule has 0 saturated heterocycles. The van der Waals surface area contributed by atoms with Crippen LogP contribution in [0.5, 0.6) is 0 Å². The molecule has 122 valence electrons. The van der Waals surface area contributed by atoms with Crippen molar-refractivity contribution in [2.24, 2.45) is 0 Å². The van der Waals surface area contributed by atoms with Crippen molar-refractivity contribution < 1.29 is 18.4 Å². The second-order valence-electron chi connectivity index (χ2n) is 4.83. The van der Waals surface area contributed by atoms with Gasteiger partial charge in [0.2, 0.25) is 9.84 Å². The van der Waals surface area contributed by atoms with Gasteiger partial charge in [0.15, 0.2) is 5.44 Å². The average Bonchev–Trinajstić information content (AvgIpc) is 2.49. The molecule has 4 N–H and O–H groups in total. The van der Waals surface area contributed by atoms with Gasteiger partial charge < -0.3 is 16.2 Å². The standard InChI is InChI=1S/C14H15N3O5S/c1-9(18)23(21,22)14-8-12(17(19)20)6-7-13(14)16-11-4-2-10(15)3-5-11/h2-9,16,18H,15H2,1H3. The topological polar surface area (TPSA) is 136 Å². The monoisotopic (exact) mass is 337 g/mol. The first-order valence-electron chi connectivity index (χ1n) is 6.55. The maximum absolute atomic E-state index is 12.2. The Labute approximate surface area is 132 Å². The van der Waals surface area contributed by atoms with E-state index in [4.69, 9.17) is 5.73 Å². The Bertz CT molecular complexity index is 832. The molecular formula is C14H15N3O5S. The van der Waals surface area contributed by atoms with Crippen LogP contribution in [0.15, 0.2) is 47.4 Å². The number of rotatable bonds is 5. The molecule has 0 saturated carbocycles. The fraction of sp³-hybridized carbons (Fsp3) is 0.143. The lowest BCUT2D eigenvalue weighted by atomic mass is 10.2. The van der Waals surface area contributed by atoms with Gasteiger partial charge in [0.25, 0.3) is 5.69 Å². The third kappa shape index (κ3) is 3.58. The largest absolute Gasteiger partial charge is 0.399 e. The Balaban J connectivity index is 2.54. The molecule has 0 radical (unpaired) electrons. The molecule has 2 aromatic rings. The number of nitrogens with one attached hydrogen (secondary N) is 1. The van der Waals surface area contributed by atoms with E-state index in [0.29, 0.717) is 11.4 Å². The molecule has 0 aromatic heterocycles. The molecule has 0 heterocycles. The number of anilines is 3. The predicted molar refractivity (Wildman–Crippen MR) is 86.1 cm³/mol. The van der Waals surface area contributed by atoms with Crippen LogP contribution in [0.1, 0.15) is 6.92 Å². The van der Waals surface area contributed by atoms with Crippen molar-refractivity contribution >= 4 is 32.6 Å². The minimum atomic E-state index is -4.13. The minimum Gasteiger partial charge on any atom is -0.399 e. The van der Waals surface area contributed by atoms with Crippen LogP contribution in [0.4, 0.5) is 22.7 Å². The average molecular weight is 337 g/mol. The molecule has 0 fully saturated rings. The number of nitrogens with zero attached hydrogens (tertiary/aromatic N) is 1. The Kier molecular flexibility index (Phi) is 4.52. The quantitative estimate of drug-likeness (QED) is 0.431. The highest BCUT2D eigenvalue weighted by Crippen LogP contribution is 2.31. The van der Waals surface area contributed by atoms with Gasteiger partial charge in [0.05, 0.1) is 15.5 Å². The SMILES string of the molecule is CC(O)S(=O)(=O)c1cc([N+](=O)[O-])ccc1Nc1ccc(N)cc1. The minimum absolute atomic E-state index is 0.126. The van der Waals surface area contributed by atoms with Crippen LogP contribution in [0.25, 0.3) is 0 Å². The number of nitrogen functional groups attached to an aromatic ring is 1. The summed E-state index contributed by atoms with van der Waals surface area (Å²) in [6.45, 7) is 1.08. The van der Waals surface area contributed by atoms with Gasteiger partial charge in [0, 0.05) is 23.5 Å². The van der Waals surface area contributed by atoms with E-state index in [0.717, 1.165) is 13.0 Å². The Morgan fingerprint density at radius 1 is 1.22 bits per heavy atom. The number of aliphatic hydroxyl groups is 1. The van der Waals surface area contributed by atoms with Crippen molar-refractivity contribution in [3.05, 3.63) is 52.6 Å². The number of hydrogen-bond donors (Lipinski definition) is 3. The van der Waals surface area contributed by atoms with E-state index < -0.39 is 20.2 Å². The maximum atomic E-state index is 12.2. The zero-order valence-electron chi connectivity index (χ0n) is 12.1. The van der Waals surface area contributed by atoms with E-state index in [1.54, 1.807) is 24.3 Å². The third-order valence-corrected chi connectivity index (χ3v) is 4.97. The number of benzene rings is 2. The number of nitro benzene ring substituents is 1. The van der Waals surface area contributed by atoms with Gasteiger partial charge in [0.1, 0.15) is 0 Å². The molecule has 9 heteroatoms. The molecule has 0 amide bonds. The number of nitro groups is 1. The predicted octanol–water partition coefficient (Wildman–Crippen LogP) is 2.03. The molecule has 8 nitrogen and oxygen atoms in total. The summed E-state index contributed by atoms with van der Waals surface area (Å²) in [5.41, 5.74) is 4.72. The van der Waals surface area contributed by atoms with Crippen molar-refractivity contribution in [3.8, 4) is 0 Å². The molecular weight excluding hydrogens is 322 g/mol. The number of hydrogen-bond acceptors (Lipinski definition) is 7. The molecule has 0 aliphatic carbocycles. The molecule has 2 rings (SSSR count). The smallest absolute Gasteiger partial charge is 0.270 e. The molecule has 0 aliphatic rings. The first-order valence-corrected chi connectivity index (χ1v) is 8.09. The summed E-state index contributed by atoms with van der Waals surface area (Å²) >= 11 is 0. The summed E-state index contributed by atoms with van der Waals surface area (Å²) < 4.78 is 24.5. The van der Waals surface area contributed by atoms with Gasteiger partial charge in [-0.15, -0.1) is 0 Å². The van der Waals surface area contributed by atoms with Gasteiger partial charge in [-0.2, -0.15) is 0 Å². The number of nitrogens with two attached hydrogens (primary N) is 1. The van der Waals surface area contributed by atoms with Crippen molar-refractivity contribution in [2.45, 2.75) is 17.3 Å². The van der Waals surface area contributed by atoms with Crippen molar-refractivity contribution in [3.63, 3.8) is 0 Å². The highest BCUT2D eigenvalue weighted by Gasteiger charge is 2.26. The number of non-ortho nitro benzene ring substituents is 1. The number of sulfone groups is 1. The van der Waals surface area contributed by atoms with Crippen LogP contribution in [-0.4, -0.2) is 23.9 Å². The van der Waals surface area contributed by atoms with E-state index >= 15 is 0 Å². The lowest BCUT2D eigenvalue weighted by molar-refractivity contribution is -0.385. The van der Waals surface area contributed by atoms with Crippen LogP contribution in [0.3, 0.4) is 0 Å². The molecule has 2 aromatic carbocycles. The van der Waals surface area contributed by atoms with Crippen molar-refractivity contribution in [1.29, 1.82) is 0 Å². The first kappa shape index (κ1) is 16.7. The first-order chi connectivity index (χ1) is 10.7. The van der Waals surface area contributed by atoms with Gasteiger partial charge in [-0.1, -0.05) is 0 Å². The molecule has 0 aliphatic heterocycles. The van der Waals surface area contributed by atoms with Gasteiger partial charge in [-0.05, 0) is 37.3 Å². The van der Waals surface area contributed by atoms with E-state index in [-0.39, 0.29) is 16.3 Å². The zero-order chi connectivity index (χ0) is 17.2. The summed E-state index contributed by atoms with van der Waals surface area (Å²) in [4.78, 5) is 9.82. The van der Waals surface area contributed by atoms with Crippen LogP contribution in [0.2, 0.25) is 0 Å². The van der Waals surface area contributed by atoms with E-state index in [9.17, 15) is 23.6 Å². The highest BCUT2D eigenvalue weighted by molar-refractivity contribution is 7.92. The Morgan fingerprint density at radius 2 is 1.83 bits per heavy atom. The van der Waals surface area contributed by atoms with Crippen LogP contribution >= 0.6 is 0 Å². The summed E-state index contributed by atoms with van der Waals surface area (Å²) in [5, 5.41) is 23.2. The van der Waals surface area contributed by atoms with Crippen LogP contribution in [0, 0.1) is 10.1 Å².